The number of ether oxygens (including phenoxy) is 1. The van der Waals surface area contributed by atoms with Gasteiger partial charge in [0.05, 0.1) is 22.3 Å². The van der Waals surface area contributed by atoms with E-state index in [0.29, 0.717) is 18.9 Å². The molecule has 1 aliphatic rings. The molecule has 0 radical (unpaired) electrons. The van der Waals surface area contributed by atoms with Crippen LogP contribution in [-0.4, -0.2) is 35.6 Å². The molecule has 38 heavy (non-hydrogen) atoms. The van der Waals surface area contributed by atoms with Gasteiger partial charge in [0.2, 0.25) is 6.10 Å². The molecule has 4 rings (SSSR count). The molecule has 1 atom stereocenters. The monoisotopic (exact) mass is 584 g/mol. The quantitative estimate of drug-likeness (QED) is 0.337. The van der Waals surface area contributed by atoms with Crippen LogP contribution in [0.25, 0.3) is 0 Å². The average molecular weight is 585 g/mol. The van der Waals surface area contributed by atoms with E-state index in [0.717, 1.165) is 42.7 Å². The zero-order valence-electron chi connectivity index (χ0n) is 19.8. The molecule has 1 heterocycles. The van der Waals surface area contributed by atoms with Crippen molar-refractivity contribution in [2.75, 3.05) is 5.32 Å². The highest BCUT2D eigenvalue weighted by Crippen LogP contribution is 2.33. The first-order valence-electron chi connectivity index (χ1n) is 11.7. The van der Waals surface area contributed by atoms with E-state index in [1.807, 2.05) is 0 Å². The third kappa shape index (κ3) is 6.48. The Bertz CT molecular complexity index is 1440. The zero-order chi connectivity index (χ0) is 27.4. The Balaban J connectivity index is 1.62. The number of anilines is 1. The summed E-state index contributed by atoms with van der Waals surface area (Å²) < 4.78 is 59.6. The van der Waals surface area contributed by atoms with Crippen molar-refractivity contribution in [3.8, 4) is 5.75 Å². The number of aliphatic carboxylic acids is 1. The summed E-state index contributed by atoms with van der Waals surface area (Å²) in [5, 5.41) is 11.0. The Morgan fingerprint density at radius 1 is 1.13 bits per heavy atom. The van der Waals surface area contributed by atoms with Crippen LogP contribution >= 0.6 is 22.9 Å². The first-order chi connectivity index (χ1) is 18.0. The number of carboxylic acid groups (broad SMARTS) is 1. The van der Waals surface area contributed by atoms with E-state index in [1.165, 1.54) is 24.3 Å². The van der Waals surface area contributed by atoms with Gasteiger partial charge in [0.25, 0.3) is 5.91 Å². The van der Waals surface area contributed by atoms with Crippen LogP contribution in [0.1, 0.15) is 49.5 Å². The van der Waals surface area contributed by atoms with E-state index in [-0.39, 0.29) is 25.6 Å². The summed E-state index contributed by atoms with van der Waals surface area (Å²) in [6, 6.07) is 8.12. The minimum Gasteiger partial charge on any atom is -0.481 e. The molecule has 1 saturated carbocycles. The Morgan fingerprint density at radius 3 is 2.45 bits per heavy atom. The van der Waals surface area contributed by atoms with Crippen LogP contribution in [0.4, 0.5) is 13.9 Å². The second-order valence-electron chi connectivity index (χ2n) is 8.75. The number of nitrogens with one attached hydrogen (secondary N) is 1. The number of amides is 1. The highest BCUT2D eigenvalue weighted by Gasteiger charge is 2.30. The number of carbonyl (C=O) groups is 2. The number of halogens is 3. The largest absolute Gasteiger partial charge is 0.481 e. The molecule has 202 valence electrons. The fourth-order valence-corrected chi connectivity index (χ4v) is 7.08. The molecule has 0 spiro atoms. The van der Waals surface area contributed by atoms with Gasteiger partial charge in [-0.25, -0.2) is 22.2 Å². The van der Waals surface area contributed by atoms with Gasteiger partial charge in [0.15, 0.2) is 26.5 Å². The number of aromatic nitrogens is 1. The van der Waals surface area contributed by atoms with Gasteiger partial charge in [-0.05, 0) is 37.1 Å². The van der Waals surface area contributed by atoms with Crippen LogP contribution in [0.15, 0.2) is 47.4 Å². The summed E-state index contributed by atoms with van der Waals surface area (Å²) in [4.78, 5) is 28.3. The van der Waals surface area contributed by atoms with E-state index in [1.54, 1.807) is 0 Å². The van der Waals surface area contributed by atoms with Gasteiger partial charge in [-0.15, -0.1) is 0 Å². The maximum Gasteiger partial charge on any atom is 0.309 e. The first-order valence-corrected chi connectivity index (χ1v) is 14.4. The van der Waals surface area contributed by atoms with Crippen molar-refractivity contribution in [2.45, 2.75) is 54.8 Å². The number of thiazole rings is 1. The van der Waals surface area contributed by atoms with Crippen molar-refractivity contribution >= 4 is 49.8 Å². The SMILES string of the molecule is O=C(O)Cc1nc(NC(=O)C(Oc2ccc(F)cc2F)c2ccc(S(=O)(=O)C3CCCCC3)cc2)sc1Cl. The van der Waals surface area contributed by atoms with Crippen LogP contribution in [0, 0.1) is 11.6 Å². The molecule has 1 fully saturated rings. The van der Waals surface area contributed by atoms with E-state index in [4.69, 9.17) is 21.4 Å². The number of hydrogen-bond donors (Lipinski definition) is 2. The third-order valence-corrected chi connectivity index (χ3v) is 9.61. The van der Waals surface area contributed by atoms with Gasteiger partial charge < -0.3 is 9.84 Å². The van der Waals surface area contributed by atoms with Crippen molar-refractivity contribution in [3.05, 3.63) is 69.7 Å². The third-order valence-electron chi connectivity index (χ3n) is 6.08. The van der Waals surface area contributed by atoms with Crippen LogP contribution in [0.3, 0.4) is 0 Å². The maximum absolute atomic E-state index is 14.4. The van der Waals surface area contributed by atoms with Gasteiger partial charge in [0, 0.05) is 11.6 Å². The molecule has 1 aromatic heterocycles. The molecule has 1 unspecified atom stereocenters. The number of carboxylic acids is 1. The number of carbonyl (C=O) groups excluding carboxylic acids is 1. The van der Waals surface area contributed by atoms with Crippen molar-refractivity contribution in [3.63, 3.8) is 0 Å². The van der Waals surface area contributed by atoms with Gasteiger partial charge in [-0.1, -0.05) is 54.3 Å². The standard InChI is InChI=1S/C25H23ClF2N2O6S2/c26-23-19(13-21(31)32)29-25(37-23)30-24(33)22(36-20-11-8-15(27)12-18(20)28)14-6-9-17(10-7-14)38(34,35)16-4-2-1-3-5-16/h6-12,16,22H,1-5,13H2,(H,31,32)(H,29,30,33). The van der Waals surface area contributed by atoms with E-state index in [2.05, 4.69) is 10.3 Å². The van der Waals surface area contributed by atoms with Gasteiger partial charge in [0.1, 0.15) is 10.2 Å². The molecule has 3 aromatic rings. The van der Waals surface area contributed by atoms with Crippen LogP contribution in [-0.2, 0) is 25.8 Å². The Hall–Kier alpha value is -3.09. The molecular formula is C25H23ClF2N2O6S2. The Labute approximate surface area is 226 Å². The van der Waals surface area contributed by atoms with Crippen LogP contribution < -0.4 is 10.1 Å². The fourth-order valence-electron chi connectivity index (χ4n) is 4.18. The lowest BCUT2D eigenvalue weighted by Gasteiger charge is -2.22. The van der Waals surface area contributed by atoms with Crippen molar-refractivity contribution in [1.29, 1.82) is 0 Å². The van der Waals surface area contributed by atoms with Gasteiger partial charge in [-0.2, -0.15) is 0 Å². The molecule has 0 aliphatic heterocycles. The second kappa shape index (κ2) is 11.7. The number of sulfone groups is 1. The Morgan fingerprint density at radius 2 is 1.82 bits per heavy atom. The Kier molecular flexibility index (Phi) is 8.64. The van der Waals surface area contributed by atoms with Gasteiger partial charge in [-0.3, -0.25) is 14.9 Å². The van der Waals surface area contributed by atoms with Crippen molar-refractivity contribution in [2.24, 2.45) is 0 Å². The average Bonchev–Trinajstić information content (AvgIpc) is 3.21. The number of nitrogens with zero attached hydrogens (tertiary/aromatic N) is 1. The highest BCUT2D eigenvalue weighted by molar-refractivity contribution is 7.92. The number of rotatable bonds is 9. The second-order valence-corrected chi connectivity index (χ2v) is 12.6. The molecule has 2 aromatic carbocycles. The van der Waals surface area contributed by atoms with Crippen molar-refractivity contribution in [1.82, 2.24) is 4.98 Å². The summed E-state index contributed by atoms with van der Waals surface area (Å²) in [7, 11) is -3.57. The maximum atomic E-state index is 14.4. The minimum absolute atomic E-state index is 0.0130. The van der Waals surface area contributed by atoms with Crippen LogP contribution in [0.5, 0.6) is 5.75 Å². The zero-order valence-corrected chi connectivity index (χ0v) is 22.2. The summed E-state index contributed by atoms with van der Waals surface area (Å²) in [6.07, 6.45) is 1.91. The molecule has 2 N–H and O–H groups in total. The van der Waals surface area contributed by atoms with Crippen LogP contribution in [0.2, 0.25) is 4.34 Å². The first kappa shape index (κ1) is 27.9. The van der Waals surface area contributed by atoms with Gasteiger partial charge >= 0.3 is 5.97 Å². The predicted molar refractivity (Wildman–Crippen MR) is 137 cm³/mol. The smallest absolute Gasteiger partial charge is 0.309 e. The van der Waals surface area contributed by atoms with E-state index >= 15 is 0 Å². The lowest BCUT2D eigenvalue weighted by atomic mass is 10.0. The fraction of sp³-hybridized carbons (Fsp3) is 0.320. The molecule has 8 nitrogen and oxygen atoms in total. The topological polar surface area (TPSA) is 123 Å². The lowest BCUT2D eigenvalue weighted by molar-refractivity contribution is -0.136. The van der Waals surface area contributed by atoms with Crippen molar-refractivity contribution < 1.29 is 36.6 Å². The summed E-state index contributed by atoms with van der Waals surface area (Å²) >= 11 is 6.86. The molecule has 0 bridgehead atoms. The molecule has 0 saturated heterocycles. The predicted octanol–water partition coefficient (Wildman–Crippen LogP) is 5.57. The normalized spacial score (nSPS) is 15.1. The summed E-state index contributed by atoms with van der Waals surface area (Å²) in [5.41, 5.74) is 0.251. The molecule has 1 aliphatic carbocycles. The lowest BCUT2D eigenvalue weighted by Crippen LogP contribution is -2.26. The summed E-state index contributed by atoms with van der Waals surface area (Å²) in [6.45, 7) is 0. The van der Waals surface area contributed by atoms with E-state index < -0.39 is 56.9 Å². The molecular weight excluding hydrogens is 562 g/mol. The van der Waals surface area contributed by atoms with E-state index in [9.17, 15) is 26.8 Å². The molecule has 13 heteroatoms. The summed E-state index contributed by atoms with van der Waals surface area (Å²) in [5.74, 6) is -4.26. The minimum atomic E-state index is -3.57. The molecule has 1 amide bonds. The number of hydrogen-bond acceptors (Lipinski definition) is 7. The number of benzene rings is 2. The highest BCUT2D eigenvalue weighted by atomic mass is 35.5.